The van der Waals surface area contributed by atoms with Gasteiger partial charge >= 0.3 is 11.9 Å². The normalized spacial score (nSPS) is 17.3. The van der Waals surface area contributed by atoms with Gasteiger partial charge in [-0.2, -0.15) is 0 Å². The number of carbonyl (C=O) groups is 2. The van der Waals surface area contributed by atoms with Gasteiger partial charge < -0.3 is 24.1 Å². The van der Waals surface area contributed by atoms with Crippen LogP contribution in [0.15, 0.2) is 42.5 Å². The van der Waals surface area contributed by atoms with Crippen molar-refractivity contribution in [2.24, 2.45) is 0 Å². The topological polar surface area (TPSA) is 91.3 Å². The highest BCUT2D eigenvalue weighted by molar-refractivity contribution is 5.66. The molecule has 0 bridgehead atoms. The van der Waals surface area contributed by atoms with Gasteiger partial charge in [0.15, 0.2) is 11.5 Å². The summed E-state index contributed by atoms with van der Waals surface area (Å²) in [6, 6.07) is 10.7. The Morgan fingerprint density at radius 2 is 1.87 bits per heavy atom. The summed E-state index contributed by atoms with van der Waals surface area (Å²) in [4.78, 5) is 22.3. The minimum atomic E-state index is -0.408. The monoisotopic (exact) mass is 412 g/mol. The van der Waals surface area contributed by atoms with E-state index in [1.165, 1.54) is 21.0 Å². The molecule has 0 amide bonds. The second-order valence-electron chi connectivity index (χ2n) is 6.88. The van der Waals surface area contributed by atoms with Gasteiger partial charge in [0.25, 0.3) is 0 Å². The Kier molecular flexibility index (Phi) is 6.61. The Morgan fingerprint density at radius 3 is 2.57 bits per heavy atom. The lowest BCUT2D eigenvalue weighted by molar-refractivity contribution is -0.142. The van der Waals surface area contributed by atoms with Gasteiger partial charge in [-0.15, -0.1) is 0 Å². The lowest BCUT2D eigenvalue weighted by Crippen LogP contribution is -2.17. The van der Waals surface area contributed by atoms with E-state index in [9.17, 15) is 14.7 Å². The van der Waals surface area contributed by atoms with Crippen molar-refractivity contribution in [3.05, 3.63) is 59.2 Å². The minimum absolute atomic E-state index is 0.0356. The highest BCUT2D eigenvalue weighted by Gasteiger charge is 2.37. The first kappa shape index (κ1) is 21.2. The Labute approximate surface area is 174 Å². The molecule has 7 nitrogen and oxygen atoms in total. The van der Waals surface area contributed by atoms with Crippen LogP contribution in [-0.4, -0.2) is 37.4 Å². The smallest absolute Gasteiger partial charge is 0.302 e. The second kappa shape index (κ2) is 9.35. The molecule has 2 unspecified atom stereocenters. The van der Waals surface area contributed by atoms with E-state index < -0.39 is 6.10 Å². The lowest BCUT2D eigenvalue weighted by atomic mass is 9.90. The van der Waals surface area contributed by atoms with Crippen molar-refractivity contribution in [3.63, 3.8) is 0 Å². The van der Waals surface area contributed by atoms with Crippen LogP contribution in [-0.2, 0) is 19.1 Å². The van der Waals surface area contributed by atoms with Crippen LogP contribution in [0.25, 0.3) is 6.08 Å². The van der Waals surface area contributed by atoms with Crippen molar-refractivity contribution in [2.45, 2.75) is 25.9 Å². The number of hydrogen-bond acceptors (Lipinski definition) is 7. The third kappa shape index (κ3) is 4.92. The molecule has 1 aliphatic heterocycles. The summed E-state index contributed by atoms with van der Waals surface area (Å²) in [5.74, 6) is 0.126. The van der Waals surface area contributed by atoms with Crippen molar-refractivity contribution < 1.29 is 33.6 Å². The number of phenols is 1. The third-order valence-corrected chi connectivity index (χ3v) is 4.74. The zero-order valence-electron chi connectivity index (χ0n) is 17.1. The summed E-state index contributed by atoms with van der Waals surface area (Å²) < 4.78 is 21.6. The van der Waals surface area contributed by atoms with Crippen molar-refractivity contribution >= 4 is 18.0 Å². The molecule has 1 aliphatic rings. The molecule has 3 rings (SSSR count). The van der Waals surface area contributed by atoms with E-state index in [2.05, 4.69) is 0 Å². The van der Waals surface area contributed by atoms with Gasteiger partial charge in [-0.1, -0.05) is 18.2 Å². The summed E-state index contributed by atoms with van der Waals surface area (Å²) in [5, 5.41) is 9.89. The van der Waals surface area contributed by atoms with E-state index in [4.69, 9.17) is 18.9 Å². The first-order valence-corrected chi connectivity index (χ1v) is 9.49. The van der Waals surface area contributed by atoms with Gasteiger partial charge in [-0.25, -0.2) is 0 Å². The highest BCUT2D eigenvalue weighted by atomic mass is 16.5. The average Bonchev–Trinajstić information content (AvgIpc) is 3.07. The summed E-state index contributed by atoms with van der Waals surface area (Å²) >= 11 is 0. The first-order chi connectivity index (χ1) is 14.4. The predicted molar refractivity (Wildman–Crippen MR) is 110 cm³/mol. The van der Waals surface area contributed by atoms with Crippen LogP contribution >= 0.6 is 0 Å². The number of fused-ring (bicyclic) bond motifs is 1. The maximum absolute atomic E-state index is 11.4. The Balaban J connectivity index is 1.89. The molecule has 2 aromatic carbocycles. The van der Waals surface area contributed by atoms with E-state index >= 15 is 0 Å². The van der Waals surface area contributed by atoms with Gasteiger partial charge in [0.05, 0.1) is 13.0 Å². The number of phenolic OH excluding ortho intramolecular Hbond substituents is 1. The number of carbonyl (C=O) groups excluding carboxylic acids is 2. The van der Waals surface area contributed by atoms with Crippen LogP contribution in [0.4, 0.5) is 0 Å². The van der Waals surface area contributed by atoms with Crippen LogP contribution in [0.3, 0.4) is 0 Å². The minimum Gasteiger partial charge on any atom is -0.504 e. The van der Waals surface area contributed by atoms with Crippen LogP contribution < -0.4 is 9.47 Å². The molecule has 0 aromatic heterocycles. The fourth-order valence-corrected chi connectivity index (χ4v) is 3.36. The molecule has 1 heterocycles. The third-order valence-electron chi connectivity index (χ3n) is 4.74. The van der Waals surface area contributed by atoms with Crippen molar-refractivity contribution in [3.8, 4) is 17.2 Å². The molecule has 1 N–H and O–H groups in total. The molecule has 2 aromatic rings. The van der Waals surface area contributed by atoms with Gasteiger partial charge in [0, 0.05) is 19.4 Å². The van der Waals surface area contributed by atoms with E-state index in [1.807, 2.05) is 24.3 Å². The van der Waals surface area contributed by atoms with Crippen LogP contribution in [0.1, 0.15) is 42.6 Å². The molecule has 0 radical (unpaired) electrons. The zero-order chi connectivity index (χ0) is 21.7. The molecule has 0 fully saturated rings. The van der Waals surface area contributed by atoms with Crippen LogP contribution in [0.2, 0.25) is 0 Å². The van der Waals surface area contributed by atoms with E-state index in [0.717, 1.165) is 16.7 Å². The van der Waals surface area contributed by atoms with Crippen LogP contribution in [0, 0.1) is 0 Å². The second-order valence-corrected chi connectivity index (χ2v) is 6.88. The summed E-state index contributed by atoms with van der Waals surface area (Å²) in [5.41, 5.74) is 2.61. The largest absolute Gasteiger partial charge is 0.504 e. The van der Waals surface area contributed by atoms with Crippen molar-refractivity contribution in [2.75, 3.05) is 20.3 Å². The molecule has 158 valence electrons. The number of rotatable bonds is 7. The highest BCUT2D eigenvalue weighted by Crippen LogP contribution is 2.47. The van der Waals surface area contributed by atoms with Gasteiger partial charge in [0.2, 0.25) is 0 Å². The maximum atomic E-state index is 11.4. The van der Waals surface area contributed by atoms with Crippen molar-refractivity contribution in [1.29, 1.82) is 0 Å². The maximum Gasteiger partial charge on any atom is 0.302 e. The standard InChI is InChI=1S/C23H24O7/c1-14(24)28-10-4-5-16-6-9-21-18(11-16)19(13-29-15(2)25)23(30-21)17-7-8-20(26)22(12-17)27-3/h4-9,11-12,19,23,26H,10,13H2,1-3H3. The Morgan fingerprint density at radius 1 is 1.10 bits per heavy atom. The fraction of sp³-hybridized carbons (Fsp3) is 0.304. The number of esters is 2. The summed E-state index contributed by atoms with van der Waals surface area (Å²) in [6.07, 6.45) is 3.19. The molecule has 0 saturated carbocycles. The Bertz CT molecular complexity index is 964. The zero-order valence-corrected chi connectivity index (χ0v) is 17.1. The SMILES string of the molecule is COc1cc(C2Oc3ccc(C=CCOC(C)=O)cc3C2COC(C)=O)ccc1O. The van der Waals surface area contributed by atoms with E-state index in [0.29, 0.717) is 11.5 Å². The number of methoxy groups -OCH3 is 1. The molecule has 7 heteroatoms. The molecule has 30 heavy (non-hydrogen) atoms. The molecule has 0 saturated heterocycles. The summed E-state index contributed by atoms with van der Waals surface area (Å²) in [7, 11) is 1.48. The number of benzene rings is 2. The quantitative estimate of drug-likeness (QED) is 0.693. The lowest BCUT2D eigenvalue weighted by Gasteiger charge is -2.20. The molecule has 2 atom stereocenters. The van der Waals surface area contributed by atoms with E-state index in [1.54, 1.807) is 24.3 Å². The molecule has 0 spiro atoms. The predicted octanol–water partition coefficient (Wildman–Crippen LogP) is 3.76. The van der Waals surface area contributed by atoms with Crippen LogP contribution in [0.5, 0.6) is 17.2 Å². The van der Waals surface area contributed by atoms with Gasteiger partial charge in [-0.3, -0.25) is 9.59 Å². The molecular formula is C23H24O7. The van der Waals surface area contributed by atoms with Gasteiger partial charge in [0.1, 0.15) is 25.1 Å². The number of hydrogen-bond donors (Lipinski definition) is 1. The number of aromatic hydroxyl groups is 1. The Hall–Kier alpha value is -3.48. The molecule has 0 aliphatic carbocycles. The fourth-order valence-electron chi connectivity index (χ4n) is 3.36. The average molecular weight is 412 g/mol. The summed E-state index contributed by atoms with van der Waals surface area (Å²) in [6.45, 7) is 3.06. The van der Waals surface area contributed by atoms with Crippen molar-refractivity contribution in [1.82, 2.24) is 0 Å². The van der Waals surface area contributed by atoms with E-state index in [-0.39, 0.29) is 36.8 Å². The molecular weight excluding hydrogens is 388 g/mol. The van der Waals surface area contributed by atoms with Gasteiger partial charge in [-0.05, 0) is 41.5 Å². The first-order valence-electron chi connectivity index (χ1n) is 9.49. The number of ether oxygens (including phenoxy) is 4.